The summed E-state index contributed by atoms with van der Waals surface area (Å²) in [7, 11) is 0. The Morgan fingerprint density at radius 1 is 1.89 bits per heavy atom. The van der Waals surface area contributed by atoms with Crippen LogP contribution < -0.4 is 0 Å². The third kappa shape index (κ3) is 1.28. The molecule has 0 aromatic carbocycles. The van der Waals surface area contributed by atoms with Gasteiger partial charge in [-0.2, -0.15) is 0 Å². The minimum absolute atomic E-state index is 0.0544. The highest BCUT2D eigenvalue weighted by Gasteiger charge is 2.06. The zero-order valence-electron chi connectivity index (χ0n) is 4.57. The molecule has 1 aliphatic rings. The third-order valence-electron chi connectivity index (χ3n) is 0.815. The fraction of sp³-hybridized carbons (Fsp3) is 0.200. The molecule has 0 fully saturated rings. The summed E-state index contributed by atoms with van der Waals surface area (Å²) in [6, 6.07) is 0. The predicted octanol–water partition coefficient (Wildman–Crippen LogP) is 0.0134. The molecule has 0 spiro atoms. The van der Waals surface area contributed by atoms with E-state index in [0.29, 0.717) is 6.61 Å². The summed E-state index contributed by atoms with van der Waals surface area (Å²) in [5.74, 6) is -1.06. The molecule has 1 heterocycles. The van der Waals surface area contributed by atoms with Gasteiger partial charge in [-0.3, -0.25) is 0 Å². The quantitative estimate of drug-likeness (QED) is 0.539. The van der Waals surface area contributed by atoms with Gasteiger partial charge in [-0.15, -0.1) is 0 Å². The molecule has 0 saturated heterocycles. The molecule has 48 valence electrons. The zero-order chi connectivity index (χ0) is 6.69. The molecule has 4 heteroatoms. The Balaban J connectivity index is 2.69. The van der Waals surface area contributed by atoms with Gasteiger partial charge in [-0.05, 0) is 0 Å². The van der Waals surface area contributed by atoms with Crippen LogP contribution in [0.3, 0.4) is 0 Å². The smallest absolute Gasteiger partial charge is 0.357 e. The van der Waals surface area contributed by atoms with E-state index in [4.69, 9.17) is 5.11 Å². The molecule has 1 rings (SSSR count). The van der Waals surface area contributed by atoms with Gasteiger partial charge in [0.15, 0.2) is 5.70 Å². The molecule has 1 aliphatic heterocycles. The Morgan fingerprint density at radius 2 is 2.67 bits per heavy atom. The second-order valence-corrected chi connectivity index (χ2v) is 1.45. The molecule has 0 amide bonds. The van der Waals surface area contributed by atoms with Crippen LogP contribution in [0.4, 0.5) is 0 Å². The van der Waals surface area contributed by atoms with Crippen molar-refractivity contribution in [1.82, 2.24) is 0 Å². The van der Waals surface area contributed by atoms with Crippen molar-refractivity contribution in [2.24, 2.45) is 4.99 Å². The topological polar surface area (TPSA) is 58.9 Å². The van der Waals surface area contributed by atoms with E-state index in [1.165, 1.54) is 6.21 Å². The number of carboxylic acid groups (broad SMARTS) is 1. The van der Waals surface area contributed by atoms with Crippen LogP contribution >= 0.6 is 0 Å². The van der Waals surface area contributed by atoms with Crippen LogP contribution in [0.15, 0.2) is 17.0 Å². The van der Waals surface area contributed by atoms with Crippen molar-refractivity contribution in [3.8, 4) is 0 Å². The molecular weight excluding hydrogens is 122 g/mol. The predicted molar refractivity (Wildman–Crippen MR) is 30.2 cm³/mol. The van der Waals surface area contributed by atoms with Crippen molar-refractivity contribution < 1.29 is 14.6 Å². The van der Waals surface area contributed by atoms with E-state index in [1.807, 2.05) is 0 Å². The van der Waals surface area contributed by atoms with Crippen molar-refractivity contribution in [2.75, 3.05) is 6.61 Å². The maximum atomic E-state index is 10.1. The summed E-state index contributed by atoms with van der Waals surface area (Å²) < 4.78 is 4.65. The summed E-state index contributed by atoms with van der Waals surface area (Å²) in [5.41, 5.74) is -0.0544. The maximum Gasteiger partial charge on any atom is 0.357 e. The highest BCUT2D eigenvalue weighted by molar-refractivity contribution is 5.88. The average Bonchev–Trinajstić information content (AvgIpc) is 1.90. The molecule has 0 aromatic heterocycles. The molecule has 1 N–H and O–H groups in total. The normalized spacial score (nSPS) is 16.2. The summed E-state index contributed by atoms with van der Waals surface area (Å²) in [5, 5.41) is 8.28. The number of aliphatic imine (C=N–C) groups is 1. The molecule has 9 heavy (non-hydrogen) atoms. The first-order valence-electron chi connectivity index (χ1n) is 2.38. The highest BCUT2D eigenvalue weighted by atomic mass is 16.5. The van der Waals surface area contributed by atoms with E-state index in [1.54, 1.807) is 0 Å². The van der Waals surface area contributed by atoms with E-state index >= 15 is 0 Å². The molecule has 0 atom stereocenters. The van der Waals surface area contributed by atoms with Gasteiger partial charge in [-0.1, -0.05) is 0 Å². The van der Waals surface area contributed by atoms with Crippen LogP contribution in [0.25, 0.3) is 0 Å². The van der Waals surface area contributed by atoms with Gasteiger partial charge >= 0.3 is 5.97 Å². The molecule has 4 nitrogen and oxygen atoms in total. The van der Waals surface area contributed by atoms with E-state index in [2.05, 4.69) is 9.73 Å². The lowest BCUT2D eigenvalue weighted by atomic mass is 10.5. The number of aliphatic carboxylic acids is 1. The minimum Gasteiger partial charge on any atom is -0.493 e. The van der Waals surface area contributed by atoms with E-state index in [9.17, 15) is 4.79 Å². The fourth-order valence-electron chi connectivity index (χ4n) is 0.442. The first-order valence-corrected chi connectivity index (χ1v) is 2.38. The van der Waals surface area contributed by atoms with E-state index in [0.717, 1.165) is 6.26 Å². The second-order valence-electron chi connectivity index (χ2n) is 1.45. The monoisotopic (exact) mass is 127 g/mol. The van der Waals surface area contributed by atoms with Crippen LogP contribution in [-0.2, 0) is 9.53 Å². The van der Waals surface area contributed by atoms with Gasteiger partial charge in [0, 0.05) is 6.21 Å². The van der Waals surface area contributed by atoms with Crippen molar-refractivity contribution in [1.29, 1.82) is 0 Å². The lowest BCUT2D eigenvalue weighted by Gasteiger charge is -2.01. The number of carbonyl (C=O) groups is 1. The lowest BCUT2D eigenvalue weighted by Crippen LogP contribution is -2.04. The third-order valence-corrected chi connectivity index (χ3v) is 0.815. The molecule has 0 unspecified atom stereocenters. The van der Waals surface area contributed by atoms with E-state index < -0.39 is 5.97 Å². The van der Waals surface area contributed by atoms with Gasteiger partial charge in [0.25, 0.3) is 0 Å². The molecule has 0 saturated carbocycles. The standard InChI is InChI=1S/C5H5NO3/c7-5(8)4-3-9-2-1-6-4/h1,3H,2H2,(H,7,8). The minimum atomic E-state index is -1.06. The zero-order valence-corrected chi connectivity index (χ0v) is 4.57. The van der Waals surface area contributed by atoms with Crippen LogP contribution in [0.1, 0.15) is 0 Å². The Hall–Kier alpha value is -1.32. The van der Waals surface area contributed by atoms with Crippen molar-refractivity contribution in [2.45, 2.75) is 0 Å². The summed E-state index contributed by atoms with van der Waals surface area (Å²) >= 11 is 0. The van der Waals surface area contributed by atoms with Crippen LogP contribution in [0.5, 0.6) is 0 Å². The molecule has 0 radical (unpaired) electrons. The summed E-state index contributed by atoms with van der Waals surface area (Å²) in [4.78, 5) is 13.6. The second kappa shape index (κ2) is 2.30. The van der Waals surface area contributed by atoms with Gasteiger partial charge in [-0.25, -0.2) is 9.79 Å². The number of carboxylic acids is 1. The molecular formula is C5H5NO3. The van der Waals surface area contributed by atoms with Crippen LogP contribution in [0.2, 0.25) is 0 Å². The number of hydrogen-bond acceptors (Lipinski definition) is 3. The summed E-state index contributed by atoms with van der Waals surface area (Å²) in [6.07, 6.45) is 2.53. The van der Waals surface area contributed by atoms with Gasteiger partial charge < -0.3 is 9.84 Å². The fourth-order valence-corrected chi connectivity index (χ4v) is 0.442. The number of nitrogens with zero attached hydrogens (tertiary/aromatic N) is 1. The first-order chi connectivity index (χ1) is 4.30. The Morgan fingerprint density at radius 3 is 3.00 bits per heavy atom. The largest absolute Gasteiger partial charge is 0.493 e. The number of rotatable bonds is 1. The van der Waals surface area contributed by atoms with Gasteiger partial charge in [0.2, 0.25) is 0 Å². The van der Waals surface area contributed by atoms with Crippen molar-refractivity contribution >= 4 is 12.2 Å². The highest BCUT2D eigenvalue weighted by Crippen LogP contribution is 1.99. The van der Waals surface area contributed by atoms with Crippen LogP contribution in [0, 0.1) is 0 Å². The Labute approximate surface area is 51.5 Å². The number of ether oxygens (including phenoxy) is 1. The molecule has 0 aliphatic carbocycles. The average molecular weight is 127 g/mol. The van der Waals surface area contributed by atoms with E-state index in [-0.39, 0.29) is 5.70 Å². The van der Waals surface area contributed by atoms with Crippen molar-refractivity contribution in [3.63, 3.8) is 0 Å². The van der Waals surface area contributed by atoms with Gasteiger partial charge in [0.1, 0.15) is 12.9 Å². The Kier molecular flexibility index (Phi) is 1.48. The first kappa shape index (κ1) is 5.81. The molecule has 0 bridgehead atoms. The summed E-state index contributed by atoms with van der Waals surface area (Å²) in [6.45, 7) is 0.358. The van der Waals surface area contributed by atoms with Crippen molar-refractivity contribution in [3.05, 3.63) is 12.0 Å². The van der Waals surface area contributed by atoms with Gasteiger partial charge in [0.05, 0.1) is 0 Å². The molecule has 0 aromatic rings. The lowest BCUT2D eigenvalue weighted by molar-refractivity contribution is -0.132. The maximum absolute atomic E-state index is 10.1. The van der Waals surface area contributed by atoms with Crippen LogP contribution in [-0.4, -0.2) is 23.9 Å². The SMILES string of the molecule is O=C(O)C1=COCC=N1. The number of hydrogen-bond donors (Lipinski definition) is 1. The Bertz CT molecular complexity index is 183.